The molecule has 0 saturated heterocycles. The number of aryl methyl sites for hydroxylation is 1. The van der Waals surface area contributed by atoms with Gasteiger partial charge in [-0.25, -0.2) is 9.48 Å². The van der Waals surface area contributed by atoms with Crippen molar-refractivity contribution in [1.82, 2.24) is 9.78 Å². The van der Waals surface area contributed by atoms with Gasteiger partial charge in [-0.2, -0.15) is 5.10 Å². The van der Waals surface area contributed by atoms with E-state index in [-0.39, 0.29) is 5.69 Å². The number of nitrogens with zero attached hydrogens (tertiary/aromatic N) is 2. The Morgan fingerprint density at radius 1 is 1.05 bits per heavy atom. The minimum Gasteiger partial charge on any atom is -0.477 e. The van der Waals surface area contributed by atoms with Crippen LogP contribution >= 0.6 is 0 Å². The molecule has 0 amide bonds. The van der Waals surface area contributed by atoms with Crippen LogP contribution in [0.3, 0.4) is 0 Å². The molecule has 104 valence electrons. The van der Waals surface area contributed by atoms with Crippen molar-refractivity contribution in [2.75, 3.05) is 0 Å². The van der Waals surface area contributed by atoms with E-state index in [1.807, 2.05) is 61.5 Å². The van der Waals surface area contributed by atoms with Crippen LogP contribution < -0.4 is 0 Å². The smallest absolute Gasteiger partial charge is 0.354 e. The Balaban J connectivity index is 2.19. The number of carboxylic acid groups (broad SMARTS) is 1. The van der Waals surface area contributed by atoms with Crippen LogP contribution in [0.4, 0.5) is 0 Å². The molecule has 0 aliphatic heterocycles. The molecule has 21 heavy (non-hydrogen) atoms. The minimum absolute atomic E-state index is 0.156. The van der Waals surface area contributed by atoms with Crippen molar-refractivity contribution in [3.63, 3.8) is 0 Å². The fraction of sp³-hybridized carbons (Fsp3) is 0.0588. The number of carbonyl (C=O) groups is 1. The van der Waals surface area contributed by atoms with E-state index in [1.165, 1.54) is 4.68 Å². The second-order valence-corrected chi connectivity index (χ2v) is 4.78. The summed E-state index contributed by atoms with van der Waals surface area (Å²) < 4.78 is 1.49. The zero-order chi connectivity index (χ0) is 14.8. The van der Waals surface area contributed by atoms with Crippen molar-refractivity contribution >= 4 is 5.97 Å². The fourth-order valence-corrected chi connectivity index (χ4v) is 2.27. The van der Waals surface area contributed by atoms with E-state index in [2.05, 4.69) is 5.10 Å². The Bertz CT molecular complexity index is 792. The lowest BCUT2D eigenvalue weighted by molar-refractivity contribution is 0.0687. The minimum atomic E-state index is -0.993. The van der Waals surface area contributed by atoms with Gasteiger partial charge in [0, 0.05) is 5.56 Å². The van der Waals surface area contributed by atoms with Gasteiger partial charge in [0.05, 0.1) is 11.4 Å². The first kappa shape index (κ1) is 13.1. The van der Waals surface area contributed by atoms with Crippen LogP contribution in [0.15, 0.2) is 60.7 Å². The quantitative estimate of drug-likeness (QED) is 0.797. The lowest BCUT2D eigenvalue weighted by Gasteiger charge is -2.07. The summed E-state index contributed by atoms with van der Waals surface area (Å²) in [5, 5.41) is 13.9. The summed E-state index contributed by atoms with van der Waals surface area (Å²) >= 11 is 0. The molecule has 0 bridgehead atoms. The molecule has 0 fully saturated rings. The number of hydrogen-bond acceptors (Lipinski definition) is 2. The van der Waals surface area contributed by atoms with Crippen LogP contribution in [0, 0.1) is 6.92 Å². The molecule has 4 nitrogen and oxygen atoms in total. The molecule has 1 heterocycles. The van der Waals surface area contributed by atoms with Gasteiger partial charge in [-0.3, -0.25) is 0 Å². The largest absolute Gasteiger partial charge is 0.477 e. The Hall–Kier alpha value is -2.88. The Labute approximate surface area is 122 Å². The van der Waals surface area contributed by atoms with Crippen molar-refractivity contribution in [2.45, 2.75) is 6.92 Å². The molecule has 0 radical (unpaired) electrons. The molecule has 0 aliphatic rings. The third kappa shape index (κ3) is 2.43. The standard InChI is InChI=1S/C17H14N2O2/c1-12-7-5-6-10-15(12)19-16(17(20)21)11-14(18-19)13-8-3-2-4-9-13/h2-11H,1H3,(H,20,21). The molecule has 0 unspecified atom stereocenters. The fourth-order valence-electron chi connectivity index (χ4n) is 2.27. The molecular formula is C17H14N2O2. The second kappa shape index (κ2) is 5.25. The van der Waals surface area contributed by atoms with Gasteiger partial charge in [0.15, 0.2) is 5.69 Å². The highest BCUT2D eigenvalue weighted by Crippen LogP contribution is 2.23. The van der Waals surface area contributed by atoms with E-state index >= 15 is 0 Å². The number of aromatic nitrogens is 2. The summed E-state index contributed by atoms with van der Waals surface area (Å²) in [4.78, 5) is 11.5. The summed E-state index contributed by atoms with van der Waals surface area (Å²) in [6.07, 6.45) is 0. The number of rotatable bonds is 3. The summed E-state index contributed by atoms with van der Waals surface area (Å²) in [5.41, 5.74) is 3.45. The van der Waals surface area contributed by atoms with E-state index in [0.717, 1.165) is 16.8 Å². The highest BCUT2D eigenvalue weighted by Gasteiger charge is 2.17. The highest BCUT2D eigenvalue weighted by molar-refractivity contribution is 5.88. The van der Waals surface area contributed by atoms with Crippen LogP contribution in [0.5, 0.6) is 0 Å². The van der Waals surface area contributed by atoms with Crippen LogP contribution in [0.1, 0.15) is 16.1 Å². The summed E-state index contributed by atoms with van der Waals surface area (Å²) in [6, 6.07) is 18.7. The lowest BCUT2D eigenvalue weighted by Crippen LogP contribution is -2.08. The summed E-state index contributed by atoms with van der Waals surface area (Å²) in [5.74, 6) is -0.993. The predicted molar refractivity (Wildman–Crippen MR) is 80.7 cm³/mol. The van der Waals surface area contributed by atoms with Crippen LogP contribution in [0.2, 0.25) is 0 Å². The van der Waals surface area contributed by atoms with Gasteiger partial charge < -0.3 is 5.11 Å². The lowest BCUT2D eigenvalue weighted by atomic mass is 10.1. The first-order valence-electron chi connectivity index (χ1n) is 6.61. The van der Waals surface area contributed by atoms with Gasteiger partial charge >= 0.3 is 5.97 Å². The molecule has 3 aromatic rings. The SMILES string of the molecule is Cc1ccccc1-n1nc(-c2ccccc2)cc1C(=O)O. The molecule has 4 heteroatoms. The molecule has 1 N–H and O–H groups in total. The van der Waals surface area contributed by atoms with Crippen molar-refractivity contribution in [1.29, 1.82) is 0 Å². The Morgan fingerprint density at radius 2 is 1.71 bits per heavy atom. The molecule has 0 spiro atoms. The summed E-state index contributed by atoms with van der Waals surface area (Å²) in [7, 11) is 0. The first-order valence-corrected chi connectivity index (χ1v) is 6.61. The van der Waals surface area contributed by atoms with Crippen molar-refractivity contribution < 1.29 is 9.90 Å². The van der Waals surface area contributed by atoms with Gasteiger partial charge in [0.25, 0.3) is 0 Å². The van der Waals surface area contributed by atoms with Crippen LogP contribution in [0.25, 0.3) is 16.9 Å². The van der Waals surface area contributed by atoms with E-state index in [9.17, 15) is 9.90 Å². The van der Waals surface area contributed by atoms with Crippen LogP contribution in [-0.2, 0) is 0 Å². The van der Waals surface area contributed by atoms with Gasteiger partial charge in [0.1, 0.15) is 0 Å². The molecule has 1 aromatic heterocycles. The first-order chi connectivity index (χ1) is 10.2. The Kier molecular flexibility index (Phi) is 3.28. The van der Waals surface area contributed by atoms with Crippen LogP contribution in [-0.4, -0.2) is 20.9 Å². The third-order valence-electron chi connectivity index (χ3n) is 3.34. The molecule has 3 rings (SSSR count). The van der Waals surface area contributed by atoms with E-state index in [0.29, 0.717) is 5.69 Å². The molecular weight excluding hydrogens is 264 g/mol. The molecule has 0 atom stereocenters. The summed E-state index contributed by atoms with van der Waals surface area (Å²) in [6.45, 7) is 1.94. The molecule has 0 saturated carbocycles. The molecule has 2 aromatic carbocycles. The Morgan fingerprint density at radius 3 is 2.38 bits per heavy atom. The van der Waals surface area contributed by atoms with Gasteiger partial charge in [0.2, 0.25) is 0 Å². The van der Waals surface area contributed by atoms with E-state index in [4.69, 9.17) is 0 Å². The highest BCUT2D eigenvalue weighted by atomic mass is 16.4. The van der Waals surface area contributed by atoms with Gasteiger partial charge in [-0.1, -0.05) is 48.5 Å². The predicted octanol–water partition coefficient (Wildman–Crippen LogP) is 3.55. The second-order valence-electron chi connectivity index (χ2n) is 4.78. The van der Waals surface area contributed by atoms with Crippen molar-refractivity contribution in [3.8, 4) is 16.9 Å². The number of hydrogen-bond donors (Lipinski definition) is 1. The zero-order valence-corrected chi connectivity index (χ0v) is 11.5. The van der Waals surface area contributed by atoms with E-state index < -0.39 is 5.97 Å². The van der Waals surface area contributed by atoms with Crippen molar-refractivity contribution in [3.05, 3.63) is 71.9 Å². The number of benzene rings is 2. The van der Waals surface area contributed by atoms with Gasteiger partial charge in [-0.05, 0) is 24.6 Å². The van der Waals surface area contributed by atoms with E-state index in [1.54, 1.807) is 6.07 Å². The maximum atomic E-state index is 11.5. The average Bonchev–Trinajstić information content (AvgIpc) is 2.94. The zero-order valence-electron chi connectivity index (χ0n) is 11.5. The number of aromatic carboxylic acids is 1. The molecule has 0 aliphatic carbocycles. The topological polar surface area (TPSA) is 55.1 Å². The van der Waals surface area contributed by atoms with Crippen molar-refractivity contribution in [2.24, 2.45) is 0 Å². The number of carboxylic acids is 1. The monoisotopic (exact) mass is 278 g/mol. The average molecular weight is 278 g/mol. The maximum absolute atomic E-state index is 11.5. The number of para-hydroxylation sites is 1. The normalized spacial score (nSPS) is 10.5. The van der Waals surface area contributed by atoms with Gasteiger partial charge in [-0.15, -0.1) is 0 Å². The maximum Gasteiger partial charge on any atom is 0.354 e. The third-order valence-corrected chi connectivity index (χ3v) is 3.34.